The number of rotatable bonds is 5. The molecule has 15 heavy (non-hydrogen) atoms. The second kappa shape index (κ2) is 7.24. The van der Waals surface area contributed by atoms with Crippen LogP contribution >= 0.6 is 0 Å². The second-order valence-electron chi connectivity index (χ2n) is 5.11. The van der Waals surface area contributed by atoms with Gasteiger partial charge in [0, 0.05) is 12.6 Å². The Kier molecular flexibility index (Phi) is 6.26. The molecule has 0 aromatic rings. The minimum absolute atomic E-state index is 0.783. The van der Waals surface area contributed by atoms with E-state index in [1.165, 1.54) is 45.3 Å². The molecular weight excluding hydrogens is 184 g/mol. The van der Waals surface area contributed by atoms with Crippen molar-refractivity contribution in [3.05, 3.63) is 0 Å². The van der Waals surface area contributed by atoms with E-state index in [2.05, 4.69) is 31.0 Å². The molecule has 0 radical (unpaired) electrons. The Labute approximate surface area is 95.4 Å². The molecule has 0 aromatic heterocycles. The predicted molar refractivity (Wildman–Crippen MR) is 67.2 cm³/mol. The molecule has 0 spiro atoms. The Morgan fingerprint density at radius 1 is 1.33 bits per heavy atom. The molecule has 2 nitrogen and oxygen atoms in total. The molecule has 2 atom stereocenters. The SMILES string of the molecule is CCNCC(C)CN1CCCCCC1C. The van der Waals surface area contributed by atoms with Gasteiger partial charge in [0.15, 0.2) is 0 Å². The van der Waals surface area contributed by atoms with E-state index in [0.717, 1.165) is 18.5 Å². The summed E-state index contributed by atoms with van der Waals surface area (Å²) in [6.45, 7) is 11.8. The van der Waals surface area contributed by atoms with Gasteiger partial charge in [0.1, 0.15) is 0 Å². The van der Waals surface area contributed by atoms with Gasteiger partial charge >= 0.3 is 0 Å². The van der Waals surface area contributed by atoms with Crippen LogP contribution in [-0.2, 0) is 0 Å². The molecule has 1 heterocycles. The Morgan fingerprint density at radius 2 is 2.13 bits per heavy atom. The van der Waals surface area contributed by atoms with E-state index < -0.39 is 0 Å². The molecule has 1 N–H and O–H groups in total. The summed E-state index contributed by atoms with van der Waals surface area (Å²) >= 11 is 0. The molecule has 0 aromatic carbocycles. The van der Waals surface area contributed by atoms with Gasteiger partial charge in [-0.3, -0.25) is 0 Å². The number of hydrogen-bond donors (Lipinski definition) is 1. The van der Waals surface area contributed by atoms with Crippen LogP contribution in [0.3, 0.4) is 0 Å². The normalized spacial score (nSPS) is 26.2. The fourth-order valence-corrected chi connectivity index (χ4v) is 2.46. The van der Waals surface area contributed by atoms with Gasteiger partial charge in [-0.05, 0) is 45.3 Å². The van der Waals surface area contributed by atoms with E-state index in [-0.39, 0.29) is 0 Å². The maximum absolute atomic E-state index is 3.44. The van der Waals surface area contributed by atoms with Crippen molar-refractivity contribution in [1.82, 2.24) is 10.2 Å². The molecule has 1 rings (SSSR count). The maximum atomic E-state index is 3.44. The average molecular weight is 212 g/mol. The summed E-state index contributed by atoms with van der Waals surface area (Å²) in [5, 5.41) is 3.44. The monoisotopic (exact) mass is 212 g/mol. The second-order valence-corrected chi connectivity index (χ2v) is 5.11. The largest absolute Gasteiger partial charge is 0.317 e. The van der Waals surface area contributed by atoms with Crippen LogP contribution in [0.15, 0.2) is 0 Å². The highest BCUT2D eigenvalue weighted by molar-refractivity contribution is 4.73. The smallest absolute Gasteiger partial charge is 0.00670 e. The Balaban J connectivity index is 2.27. The molecule has 1 fully saturated rings. The van der Waals surface area contributed by atoms with Crippen molar-refractivity contribution in [3.8, 4) is 0 Å². The molecule has 1 aliphatic rings. The van der Waals surface area contributed by atoms with Gasteiger partial charge in [-0.1, -0.05) is 26.7 Å². The standard InChI is InChI=1S/C13H28N2/c1-4-14-10-12(2)11-15-9-7-5-6-8-13(15)3/h12-14H,4-11H2,1-3H3. The highest BCUT2D eigenvalue weighted by Crippen LogP contribution is 2.17. The summed E-state index contributed by atoms with van der Waals surface area (Å²) in [5.41, 5.74) is 0. The molecule has 2 heteroatoms. The van der Waals surface area contributed by atoms with Gasteiger partial charge in [-0.25, -0.2) is 0 Å². The van der Waals surface area contributed by atoms with Crippen LogP contribution in [-0.4, -0.2) is 37.1 Å². The summed E-state index contributed by atoms with van der Waals surface area (Å²) in [7, 11) is 0. The Hall–Kier alpha value is -0.0800. The first-order valence-electron chi connectivity index (χ1n) is 6.68. The fraction of sp³-hybridized carbons (Fsp3) is 1.00. The number of hydrogen-bond acceptors (Lipinski definition) is 2. The quantitative estimate of drug-likeness (QED) is 0.753. The minimum Gasteiger partial charge on any atom is -0.317 e. The third-order valence-electron chi connectivity index (χ3n) is 3.48. The Bertz CT molecular complexity index is 159. The van der Waals surface area contributed by atoms with Crippen LogP contribution in [0, 0.1) is 5.92 Å². The first kappa shape index (κ1) is 13.0. The van der Waals surface area contributed by atoms with Gasteiger partial charge in [0.05, 0.1) is 0 Å². The van der Waals surface area contributed by atoms with Gasteiger partial charge in [-0.15, -0.1) is 0 Å². The summed E-state index contributed by atoms with van der Waals surface area (Å²) in [6, 6.07) is 0.802. The molecule has 2 unspecified atom stereocenters. The molecule has 0 amide bonds. The first-order chi connectivity index (χ1) is 7.24. The maximum Gasteiger partial charge on any atom is 0.00670 e. The molecule has 0 aliphatic carbocycles. The zero-order valence-corrected chi connectivity index (χ0v) is 10.8. The summed E-state index contributed by atoms with van der Waals surface area (Å²) < 4.78 is 0. The lowest BCUT2D eigenvalue weighted by Crippen LogP contribution is -2.38. The van der Waals surface area contributed by atoms with Crippen LogP contribution in [0.1, 0.15) is 46.5 Å². The van der Waals surface area contributed by atoms with Crippen LogP contribution in [0.2, 0.25) is 0 Å². The van der Waals surface area contributed by atoms with Gasteiger partial charge in [-0.2, -0.15) is 0 Å². The summed E-state index contributed by atoms with van der Waals surface area (Å²) in [4.78, 5) is 2.69. The molecule has 0 saturated carbocycles. The van der Waals surface area contributed by atoms with E-state index in [0.29, 0.717) is 0 Å². The van der Waals surface area contributed by atoms with Crippen LogP contribution < -0.4 is 5.32 Å². The first-order valence-corrected chi connectivity index (χ1v) is 6.68. The third kappa shape index (κ3) is 4.98. The van der Waals surface area contributed by atoms with E-state index in [1.54, 1.807) is 0 Å². The van der Waals surface area contributed by atoms with Gasteiger partial charge in [0.2, 0.25) is 0 Å². The van der Waals surface area contributed by atoms with Crippen molar-refractivity contribution in [2.45, 2.75) is 52.5 Å². The van der Waals surface area contributed by atoms with Crippen LogP contribution in [0.4, 0.5) is 0 Å². The Morgan fingerprint density at radius 3 is 2.87 bits per heavy atom. The van der Waals surface area contributed by atoms with Crippen LogP contribution in [0.5, 0.6) is 0 Å². The lowest BCUT2D eigenvalue weighted by Gasteiger charge is -2.29. The number of likely N-dealkylation sites (tertiary alicyclic amines) is 1. The van der Waals surface area contributed by atoms with Crippen molar-refractivity contribution in [2.24, 2.45) is 5.92 Å². The van der Waals surface area contributed by atoms with Crippen molar-refractivity contribution in [3.63, 3.8) is 0 Å². The molecule has 1 saturated heterocycles. The average Bonchev–Trinajstić information content (AvgIpc) is 2.42. The minimum atomic E-state index is 0.783. The van der Waals surface area contributed by atoms with E-state index in [4.69, 9.17) is 0 Å². The van der Waals surface area contributed by atoms with E-state index >= 15 is 0 Å². The van der Waals surface area contributed by atoms with E-state index in [9.17, 15) is 0 Å². The lowest BCUT2D eigenvalue weighted by molar-refractivity contribution is 0.184. The molecule has 1 aliphatic heterocycles. The third-order valence-corrected chi connectivity index (χ3v) is 3.48. The van der Waals surface area contributed by atoms with E-state index in [1.807, 2.05) is 0 Å². The van der Waals surface area contributed by atoms with Crippen molar-refractivity contribution in [2.75, 3.05) is 26.2 Å². The van der Waals surface area contributed by atoms with Gasteiger partial charge < -0.3 is 10.2 Å². The predicted octanol–water partition coefficient (Wildman–Crippen LogP) is 2.50. The molecule has 0 bridgehead atoms. The van der Waals surface area contributed by atoms with Crippen molar-refractivity contribution < 1.29 is 0 Å². The highest BCUT2D eigenvalue weighted by Gasteiger charge is 2.18. The molecule has 90 valence electrons. The molecular formula is C13H28N2. The number of nitrogens with one attached hydrogen (secondary N) is 1. The fourth-order valence-electron chi connectivity index (χ4n) is 2.46. The van der Waals surface area contributed by atoms with Crippen molar-refractivity contribution in [1.29, 1.82) is 0 Å². The zero-order valence-electron chi connectivity index (χ0n) is 10.8. The summed E-state index contributed by atoms with van der Waals surface area (Å²) in [5.74, 6) is 0.783. The zero-order chi connectivity index (χ0) is 11.1. The lowest BCUT2D eigenvalue weighted by atomic mass is 10.1. The number of nitrogens with zero attached hydrogens (tertiary/aromatic N) is 1. The summed E-state index contributed by atoms with van der Waals surface area (Å²) in [6.07, 6.45) is 5.66. The van der Waals surface area contributed by atoms with Gasteiger partial charge in [0.25, 0.3) is 0 Å². The van der Waals surface area contributed by atoms with Crippen LogP contribution in [0.25, 0.3) is 0 Å². The van der Waals surface area contributed by atoms with Crippen molar-refractivity contribution >= 4 is 0 Å². The topological polar surface area (TPSA) is 15.3 Å². The highest BCUT2D eigenvalue weighted by atomic mass is 15.2.